The zero-order valence-electron chi connectivity index (χ0n) is 10.5. The van der Waals surface area contributed by atoms with Crippen LogP contribution in [0, 0.1) is 0 Å². The van der Waals surface area contributed by atoms with Crippen molar-refractivity contribution in [3.8, 4) is 5.75 Å². The molecule has 0 fully saturated rings. The van der Waals surface area contributed by atoms with Gasteiger partial charge in [0.15, 0.2) is 0 Å². The molecule has 0 aliphatic carbocycles. The Bertz CT molecular complexity index is 321. The van der Waals surface area contributed by atoms with Gasteiger partial charge in [-0.3, -0.25) is 4.90 Å². The maximum Gasteiger partial charge on any atom is 0.118 e. The smallest absolute Gasteiger partial charge is 0.118 e. The summed E-state index contributed by atoms with van der Waals surface area (Å²) < 4.78 is 5.14. The van der Waals surface area contributed by atoms with Crippen LogP contribution in [0.4, 0.5) is 0 Å². The molecule has 0 unspecified atom stereocenters. The first-order chi connectivity index (χ1) is 7.49. The Kier molecular flexibility index (Phi) is 4.81. The monoisotopic (exact) mass is 285 g/mol. The maximum absolute atomic E-state index is 5.14. The molecule has 1 rings (SSSR count). The molecule has 1 aromatic rings. The molecule has 0 spiro atoms. The lowest BCUT2D eigenvalue weighted by Crippen LogP contribution is -2.41. The van der Waals surface area contributed by atoms with E-state index in [-0.39, 0.29) is 5.54 Å². The van der Waals surface area contributed by atoms with E-state index < -0.39 is 0 Å². The molecule has 90 valence electrons. The van der Waals surface area contributed by atoms with E-state index in [0.717, 1.165) is 17.6 Å². The van der Waals surface area contributed by atoms with Crippen LogP contribution in [-0.4, -0.2) is 29.9 Å². The summed E-state index contributed by atoms with van der Waals surface area (Å²) >= 11 is 3.55. The summed E-state index contributed by atoms with van der Waals surface area (Å²) in [5.74, 6) is 0.908. The number of ether oxygens (including phenoxy) is 1. The Balaban J connectivity index is 2.66. The molecule has 0 heterocycles. The van der Waals surface area contributed by atoms with Crippen molar-refractivity contribution < 1.29 is 4.74 Å². The molecular formula is C13H20BrNO. The highest BCUT2D eigenvalue weighted by molar-refractivity contribution is 9.09. The van der Waals surface area contributed by atoms with Crippen molar-refractivity contribution in [3.05, 3.63) is 29.8 Å². The minimum atomic E-state index is 0.167. The Hall–Kier alpha value is -0.540. The average Bonchev–Trinajstić information content (AvgIpc) is 2.30. The standard InChI is InChI=1S/C13H20BrNO/c1-13(2,10-14)15(3)9-11-5-7-12(16-4)8-6-11/h5-8H,9-10H2,1-4H3. The SMILES string of the molecule is COc1ccc(CN(C)C(C)(C)CBr)cc1. The number of rotatable bonds is 5. The van der Waals surface area contributed by atoms with Crippen molar-refractivity contribution in [2.75, 3.05) is 19.5 Å². The summed E-state index contributed by atoms with van der Waals surface area (Å²) in [5, 5.41) is 0.965. The summed E-state index contributed by atoms with van der Waals surface area (Å²) in [6.45, 7) is 5.40. The summed E-state index contributed by atoms with van der Waals surface area (Å²) in [5.41, 5.74) is 1.47. The van der Waals surface area contributed by atoms with Gasteiger partial charge in [0, 0.05) is 17.4 Å². The predicted molar refractivity (Wildman–Crippen MR) is 72.3 cm³/mol. The molecule has 0 saturated heterocycles. The van der Waals surface area contributed by atoms with Gasteiger partial charge in [0.2, 0.25) is 0 Å². The van der Waals surface area contributed by atoms with Gasteiger partial charge in [-0.15, -0.1) is 0 Å². The minimum absolute atomic E-state index is 0.167. The molecular weight excluding hydrogens is 266 g/mol. The molecule has 2 nitrogen and oxygen atoms in total. The number of nitrogens with zero attached hydrogens (tertiary/aromatic N) is 1. The van der Waals surface area contributed by atoms with Crippen LogP contribution in [0.2, 0.25) is 0 Å². The van der Waals surface area contributed by atoms with Crippen molar-refractivity contribution in [1.29, 1.82) is 0 Å². The van der Waals surface area contributed by atoms with Crippen LogP contribution in [0.1, 0.15) is 19.4 Å². The molecule has 0 aliphatic heterocycles. The summed E-state index contributed by atoms with van der Waals surface area (Å²) in [4.78, 5) is 2.34. The van der Waals surface area contributed by atoms with Crippen LogP contribution in [0.15, 0.2) is 24.3 Å². The quantitative estimate of drug-likeness (QED) is 0.770. The fourth-order valence-electron chi connectivity index (χ4n) is 1.32. The second-order valence-electron chi connectivity index (χ2n) is 4.65. The van der Waals surface area contributed by atoms with E-state index in [1.807, 2.05) is 12.1 Å². The normalized spacial score (nSPS) is 11.9. The molecule has 3 heteroatoms. The number of hydrogen-bond donors (Lipinski definition) is 0. The second kappa shape index (κ2) is 5.69. The van der Waals surface area contributed by atoms with Gasteiger partial charge in [-0.1, -0.05) is 28.1 Å². The van der Waals surface area contributed by atoms with Gasteiger partial charge >= 0.3 is 0 Å². The predicted octanol–water partition coefficient (Wildman–Crippen LogP) is 3.30. The zero-order chi connectivity index (χ0) is 12.2. The fourth-order valence-corrected chi connectivity index (χ4v) is 1.75. The minimum Gasteiger partial charge on any atom is -0.497 e. The number of alkyl halides is 1. The molecule has 0 atom stereocenters. The molecule has 0 bridgehead atoms. The number of benzene rings is 1. The molecule has 0 radical (unpaired) electrons. The van der Waals surface area contributed by atoms with Gasteiger partial charge in [-0.25, -0.2) is 0 Å². The lowest BCUT2D eigenvalue weighted by atomic mass is 10.1. The first-order valence-electron chi connectivity index (χ1n) is 5.40. The van der Waals surface area contributed by atoms with Gasteiger partial charge in [0.05, 0.1) is 7.11 Å². The van der Waals surface area contributed by atoms with Crippen molar-refractivity contribution in [2.24, 2.45) is 0 Å². The van der Waals surface area contributed by atoms with E-state index in [4.69, 9.17) is 4.74 Å². The van der Waals surface area contributed by atoms with Crippen LogP contribution >= 0.6 is 15.9 Å². The first kappa shape index (κ1) is 13.5. The van der Waals surface area contributed by atoms with E-state index in [1.54, 1.807) is 7.11 Å². The van der Waals surface area contributed by atoms with Crippen LogP contribution in [0.3, 0.4) is 0 Å². The first-order valence-corrected chi connectivity index (χ1v) is 6.52. The Morgan fingerprint density at radius 1 is 1.25 bits per heavy atom. The Morgan fingerprint density at radius 2 is 1.81 bits per heavy atom. The van der Waals surface area contributed by atoms with Crippen LogP contribution < -0.4 is 4.74 Å². The topological polar surface area (TPSA) is 12.5 Å². The van der Waals surface area contributed by atoms with Crippen molar-refractivity contribution >= 4 is 15.9 Å². The number of methoxy groups -OCH3 is 1. The highest BCUT2D eigenvalue weighted by atomic mass is 79.9. The largest absolute Gasteiger partial charge is 0.497 e. The van der Waals surface area contributed by atoms with E-state index in [1.165, 1.54) is 5.56 Å². The van der Waals surface area contributed by atoms with Gasteiger partial charge in [0.25, 0.3) is 0 Å². The van der Waals surface area contributed by atoms with Gasteiger partial charge in [-0.2, -0.15) is 0 Å². The Labute approximate surface area is 107 Å². The number of hydrogen-bond acceptors (Lipinski definition) is 2. The van der Waals surface area contributed by atoms with Crippen LogP contribution in [0.5, 0.6) is 5.75 Å². The van der Waals surface area contributed by atoms with Gasteiger partial charge in [0.1, 0.15) is 5.75 Å². The second-order valence-corrected chi connectivity index (χ2v) is 5.21. The molecule has 0 amide bonds. The molecule has 0 aliphatic rings. The third-order valence-corrected chi connectivity index (χ3v) is 4.31. The fraction of sp³-hybridized carbons (Fsp3) is 0.538. The molecule has 1 aromatic carbocycles. The maximum atomic E-state index is 5.14. The lowest BCUT2D eigenvalue weighted by molar-refractivity contribution is 0.173. The lowest BCUT2D eigenvalue weighted by Gasteiger charge is -2.34. The van der Waals surface area contributed by atoms with E-state index in [2.05, 4.69) is 53.9 Å². The van der Waals surface area contributed by atoms with Gasteiger partial charge < -0.3 is 4.74 Å². The van der Waals surface area contributed by atoms with Crippen LogP contribution in [0.25, 0.3) is 0 Å². The third kappa shape index (κ3) is 3.49. The van der Waals surface area contributed by atoms with Gasteiger partial charge in [-0.05, 0) is 38.6 Å². The van der Waals surface area contributed by atoms with Crippen molar-refractivity contribution in [3.63, 3.8) is 0 Å². The molecule has 0 aromatic heterocycles. The number of halogens is 1. The summed E-state index contributed by atoms with van der Waals surface area (Å²) in [6.07, 6.45) is 0. The highest BCUT2D eigenvalue weighted by Gasteiger charge is 2.21. The summed E-state index contributed by atoms with van der Waals surface area (Å²) in [6, 6.07) is 8.23. The van der Waals surface area contributed by atoms with Crippen LogP contribution in [-0.2, 0) is 6.54 Å². The highest BCUT2D eigenvalue weighted by Crippen LogP contribution is 2.19. The molecule has 0 N–H and O–H groups in total. The van der Waals surface area contributed by atoms with Crippen molar-refractivity contribution in [2.45, 2.75) is 25.9 Å². The van der Waals surface area contributed by atoms with E-state index >= 15 is 0 Å². The van der Waals surface area contributed by atoms with Crippen molar-refractivity contribution in [1.82, 2.24) is 4.90 Å². The van der Waals surface area contributed by atoms with E-state index in [0.29, 0.717) is 0 Å². The Morgan fingerprint density at radius 3 is 2.25 bits per heavy atom. The van der Waals surface area contributed by atoms with E-state index in [9.17, 15) is 0 Å². The summed E-state index contributed by atoms with van der Waals surface area (Å²) in [7, 11) is 3.83. The molecule has 16 heavy (non-hydrogen) atoms. The third-order valence-electron chi connectivity index (χ3n) is 2.94. The zero-order valence-corrected chi connectivity index (χ0v) is 12.0. The average molecular weight is 286 g/mol. The molecule has 0 saturated carbocycles.